The van der Waals surface area contributed by atoms with Crippen molar-refractivity contribution in [2.75, 3.05) is 13.1 Å². The van der Waals surface area contributed by atoms with Crippen LogP contribution >= 0.6 is 0 Å². The molecule has 6 heteroatoms. The monoisotopic (exact) mass is 313 g/mol. The van der Waals surface area contributed by atoms with Crippen LogP contribution in [0.3, 0.4) is 0 Å². The molecule has 0 amide bonds. The normalized spacial score (nSPS) is 12.0. The topological polar surface area (TPSA) is 74.7 Å². The molecule has 1 rings (SSSR count). The third-order valence-electron chi connectivity index (χ3n) is 3.69. The largest absolute Gasteiger partial charge is 0.478 e. The van der Waals surface area contributed by atoms with E-state index in [4.69, 9.17) is 5.11 Å². The Morgan fingerprint density at radius 3 is 2.33 bits per heavy atom. The van der Waals surface area contributed by atoms with Crippen molar-refractivity contribution in [3.63, 3.8) is 0 Å². The van der Waals surface area contributed by atoms with Crippen LogP contribution in [0.15, 0.2) is 29.2 Å². The van der Waals surface area contributed by atoms with E-state index in [9.17, 15) is 13.2 Å². The first-order valence-electron chi connectivity index (χ1n) is 7.20. The van der Waals surface area contributed by atoms with Crippen LogP contribution in [0.5, 0.6) is 0 Å². The summed E-state index contributed by atoms with van der Waals surface area (Å²) in [5.74, 6) is -0.822. The van der Waals surface area contributed by atoms with Crippen molar-refractivity contribution >= 4 is 16.0 Å². The number of aromatic carboxylic acids is 1. The first-order valence-corrected chi connectivity index (χ1v) is 8.64. The van der Waals surface area contributed by atoms with Gasteiger partial charge in [-0.3, -0.25) is 0 Å². The van der Waals surface area contributed by atoms with Gasteiger partial charge in [0.1, 0.15) is 0 Å². The molecule has 0 atom stereocenters. The fourth-order valence-electron chi connectivity index (χ4n) is 2.17. The summed E-state index contributed by atoms with van der Waals surface area (Å²) in [6.07, 6.45) is 1.83. The van der Waals surface area contributed by atoms with Crippen LogP contribution in [0.4, 0.5) is 0 Å². The van der Waals surface area contributed by atoms with E-state index in [-0.39, 0.29) is 10.5 Å². The van der Waals surface area contributed by atoms with Gasteiger partial charge in [0.25, 0.3) is 0 Å². The molecule has 5 nitrogen and oxygen atoms in total. The smallest absolute Gasteiger partial charge is 0.335 e. The molecule has 0 saturated carbocycles. The van der Waals surface area contributed by atoms with E-state index in [1.807, 2.05) is 13.8 Å². The van der Waals surface area contributed by atoms with Gasteiger partial charge in [-0.2, -0.15) is 4.31 Å². The maximum absolute atomic E-state index is 12.6. The zero-order chi connectivity index (χ0) is 16.0. The standard InChI is InChI=1S/C15H23NO4S/c1-4-12(5-2)11-16(6-3)21(19,20)14-9-7-8-13(10-14)15(17)18/h7-10,12H,4-6,11H2,1-3H3,(H,17,18). The van der Waals surface area contributed by atoms with E-state index in [1.165, 1.54) is 28.6 Å². The van der Waals surface area contributed by atoms with Gasteiger partial charge in [0.05, 0.1) is 10.5 Å². The minimum atomic E-state index is -3.65. The second-order valence-electron chi connectivity index (χ2n) is 4.97. The van der Waals surface area contributed by atoms with Gasteiger partial charge in [-0.15, -0.1) is 0 Å². The van der Waals surface area contributed by atoms with Gasteiger partial charge in [-0.05, 0) is 24.1 Å². The number of nitrogens with zero attached hydrogens (tertiary/aromatic N) is 1. The molecule has 21 heavy (non-hydrogen) atoms. The molecule has 118 valence electrons. The molecule has 0 bridgehead atoms. The van der Waals surface area contributed by atoms with Gasteiger partial charge in [0, 0.05) is 13.1 Å². The number of hydrogen-bond donors (Lipinski definition) is 1. The van der Waals surface area contributed by atoms with Gasteiger partial charge in [0.2, 0.25) is 10.0 Å². The van der Waals surface area contributed by atoms with E-state index in [0.717, 1.165) is 12.8 Å². The SMILES string of the molecule is CCC(CC)CN(CC)S(=O)(=O)c1cccc(C(=O)O)c1. The van der Waals surface area contributed by atoms with Gasteiger partial charge < -0.3 is 5.11 Å². The predicted octanol–water partition coefficient (Wildman–Crippen LogP) is 2.83. The molecule has 0 aliphatic carbocycles. The summed E-state index contributed by atoms with van der Waals surface area (Å²) in [5, 5.41) is 8.98. The van der Waals surface area contributed by atoms with Crippen LogP contribution in [-0.2, 0) is 10.0 Å². The van der Waals surface area contributed by atoms with Gasteiger partial charge in [-0.25, -0.2) is 13.2 Å². The van der Waals surface area contributed by atoms with Crippen LogP contribution in [-0.4, -0.2) is 36.9 Å². The summed E-state index contributed by atoms with van der Waals surface area (Å²) in [4.78, 5) is 11.0. The summed E-state index contributed by atoms with van der Waals surface area (Å²) >= 11 is 0. The third-order valence-corrected chi connectivity index (χ3v) is 5.62. The quantitative estimate of drug-likeness (QED) is 0.801. The summed E-state index contributed by atoms with van der Waals surface area (Å²) in [6, 6.07) is 5.50. The molecule has 0 fully saturated rings. The lowest BCUT2D eigenvalue weighted by molar-refractivity contribution is 0.0696. The lowest BCUT2D eigenvalue weighted by atomic mass is 10.0. The minimum absolute atomic E-state index is 0.0188. The average Bonchev–Trinajstić information content (AvgIpc) is 2.48. The van der Waals surface area contributed by atoms with E-state index >= 15 is 0 Å². The summed E-state index contributed by atoms with van der Waals surface area (Å²) in [5.41, 5.74) is -0.0188. The molecule has 0 aliphatic rings. The Hall–Kier alpha value is -1.40. The zero-order valence-electron chi connectivity index (χ0n) is 12.7. The Balaban J connectivity index is 3.12. The van der Waals surface area contributed by atoms with Crippen LogP contribution in [0.2, 0.25) is 0 Å². The van der Waals surface area contributed by atoms with Gasteiger partial charge in [-0.1, -0.05) is 39.7 Å². The fourth-order valence-corrected chi connectivity index (χ4v) is 3.74. The van der Waals surface area contributed by atoms with Crippen molar-refractivity contribution in [1.82, 2.24) is 4.31 Å². The predicted molar refractivity (Wildman–Crippen MR) is 81.9 cm³/mol. The number of rotatable bonds is 8. The number of carboxylic acids is 1. The highest BCUT2D eigenvalue weighted by Crippen LogP contribution is 2.20. The molecule has 0 spiro atoms. The Bertz CT molecular complexity index is 579. The van der Waals surface area contributed by atoms with Gasteiger partial charge in [0.15, 0.2) is 0 Å². The van der Waals surface area contributed by atoms with Crippen LogP contribution in [0.25, 0.3) is 0 Å². The minimum Gasteiger partial charge on any atom is -0.478 e. The lowest BCUT2D eigenvalue weighted by Crippen LogP contribution is -2.35. The number of benzene rings is 1. The molecular weight excluding hydrogens is 290 g/mol. The average molecular weight is 313 g/mol. The molecule has 0 aromatic heterocycles. The maximum atomic E-state index is 12.6. The molecular formula is C15H23NO4S. The van der Waals surface area contributed by atoms with Crippen molar-refractivity contribution in [3.8, 4) is 0 Å². The fraction of sp³-hybridized carbons (Fsp3) is 0.533. The zero-order valence-corrected chi connectivity index (χ0v) is 13.6. The molecule has 0 unspecified atom stereocenters. The van der Waals surface area contributed by atoms with E-state index in [1.54, 1.807) is 6.92 Å². The lowest BCUT2D eigenvalue weighted by Gasteiger charge is -2.25. The van der Waals surface area contributed by atoms with Gasteiger partial charge >= 0.3 is 5.97 Å². The molecule has 1 aromatic rings. The molecule has 0 aliphatic heterocycles. The first-order chi connectivity index (χ1) is 9.86. The highest BCUT2D eigenvalue weighted by Gasteiger charge is 2.25. The number of carbonyl (C=O) groups is 1. The molecule has 0 saturated heterocycles. The van der Waals surface area contributed by atoms with Crippen LogP contribution in [0.1, 0.15) is 44.0 Å². The number of hydrogen-bond acceptors (Lipinski definition) is 3. The van der Waals surface area contributed by atoms with Crippen molar-refractivity contribution < 1.29 is 18.3 Å². The van der Waals surface area contributed by atoms with Crippen molar-refractivity contribution in [2.24, 2.45) is 5.92 Å². The van der Waals surface area contributed by atoms with E-state index in [0.29, 0.717) is 19.0 Å². The summed E-state index contributed by atoms with van der Waals surface area (Å²) in [7, 11) is -3.65. The Morgan fingerprint density at radius 1 is 1.24 bits per heavy atom. The second-order valence-corrected chi connectivity index (χ2v) is 6.91. The van der Waals surface area contributed by atoms with Crippen molar-refractivity contribution in [2.45, 2.75) is 38.5 Å². The molecule has 1 N–H and O–H groups in total. The summed E-state index contributed by atoms with van der Waals surface area (Å²) in [6.45, 7) is 6.71. The Morgan fingerprint density at radius 2 is 1.86 bits per heavy atom. The van der Waals surface area contributed by atoms with Crippen LogP contribution < -0.4 is 0 Å². The first kappa shape index (κ1) is 17.7. The Labute approximate surface area is 126 Å². The highest BCUT2D eigenvalue weighted by molar-refractivity contribution is 7.89. The molecule has 0 radical (unpaired) electrons. The molecule has 1 aromatic carbocycles. The van der Waals surface area contributed by atoms with Crippen molar-refractivity contribution in [1.29, 1.82) is 0 Å². The maximum Gasteiger partial charge on any atom is 0.335 e. The second kappa shape index (κ2) is 7.56. The Kier molecular flexibility index (Phi) is 6.36. The third kappa shape index (κ3) is 4.28. The van der Waals surface area contributed by atoms with Crippen molar-refractivity contribution in [3.05, 3.63) is 29.8 Å². The van der Waals surface area contributed by atoms with E-state index < -0.39 is 16.0 Å². The summed E-state index contributed by atoms with van der Waals surface area (Å²) < 4.78 is 26.7. The van der Waals surface area contributed by atoms with E-state index in [2.05, 4.69) is 0 Å². The highest BCUT2D eigenvalue weighted by atomic mass is 32.2. The number of sulfonamides is 1. The molecule has 0 heterocycles. The van der Waals surface area contributed by atoms with Crippen LogP contribution in [0, 0.1) is 5.92 Å². The number of carboxylic acid groups (broad SMARTS) is 1.